The molecule has 0 aliphatic carbocycles. The van der Waals surface area contributed by atoms with Crippen molar-refractivity contribution < 1.29 is 29.0 Å². The number of amides is 2. The molecule has 0 saturated carbocycles. The van der Waals surface area contributed by atoms with Gasteiger partial charge in [0.2, 0.25) is 0 Å². The number of hydrogen-bond donors (Lipinski definition) is 2. The number of methoxy groups -OCH3 is 2. The Morgan fingerprint density at radius 3 is 2.33 bits per heavy atom. The molecule has 0 aromatic heterocycles. The monoisotopic (exact) mass is 304 g/mol. The van der Waals surface area contributed by atoms with E-state index in [1.165, 1.54) is 12.0 Å². The van der Waals surface area contributed by atoms with Crippen molar-refractivity contribution in [1.82, 2.24) is 10.2 Å². The molecule has 0 rings (SSSR count). The third-order valence-electron chi connectivity index (χ3n) is 3.11. The first kappa shape index (κ1) is 19.2. The summed E-state index contributed by atoms with van der Waals surface area (Å²) in [6, 6.07) is -1.94. The van der Waals surface area contributed by atoms with Crippen molar-refractivity contribution in [3.05, 3.63) is 0 Å². The molecule has 0 radical (unpaired) electrons. The average Bonchev–Trinajstić information content (AvgIpc) is 2.46. The number of carbonyl (C=O) groups is 3. The highest BCUT2D eigenvalue weighted by molar-refractivity contribution is 5.86. The van der Waals surface area contributed by atoms with Crippen LogP contribution in [0, 0.1) is 0 Å². The second-order valence-corrected chi connectivity index (χ2v) is 4.56. The third kappa shape index (κ3) is 6.94. The molecule has 2 N–H and O–H groups in total. The maximum Gasteiger partial charge on any atom is 0.326 e. The number of nitrogens with zero attached hydrogens (tertiary/aromatic N) is 1. The SMILES string of the molecule is CCC(C)N(CCOC)C(=O)N[C@@H](CC(=O)OC)C(=O)O. The summed E-state index contributed by atoms with van der Waals surface area (Å²) < 4.78 is 9.36. The lowest BCUT2D eigenvalue weighted by Gasteiger charge is -2.29. The summed E-state index contributed by atoms with van der Waals surface area (Å²) >= 11 is 0. The van der Waals surface area contributed by atoms with Crippen LogP contribution in [0.2, 0.25) is 0 Å². The van der Waals surface area contributed by atoms with Crippen LogP contribution < -0.4 is 5.32 Å². The largest absolute Gasteiger partial charge is 0.480 e. The fourth-order valence-electron chi connectivity index (χ4n) is 1.61. The van der Waals surface area contributed by atoms with E-state index in [2.05, 4.69) is 10.1 Å². The number of carboxylic acids is 1. The summed E-state index contributed by atoms with van der Waals surface area (Å²) in [6.07, 6.45) is 0.294. The van der Waals surface area contributed by atoms with Gasteiger partial charge in [-0.05, 0) is 13.3 Å². The number of rotatable bonds is 9. The lowest BCUT2D eigenvalue weighted by atomic mass is 10.2. The minimum atomic E-state index is -1.32. The Bertz CT molecular complexity index is 361. The first-order valence-corrected chi connectivity index (χ1v) is 6.73. The normalized spacial score (nSPS) is 13.1. The van der Waals surface area contributed by atoms with Gasteiger partial charge in [-0.3, -0.25) is 4.79 Å². The Morgan fingerprint density at radius 1 is 1.29 bits per heavy atom. The molecule has 8 nitrogen and oxygen atoms in total. The van der Waals surface area contributed by atoms with Crippen molar-refractivity contribution in [2.75, 3.05) is 27.4 Å². The number of esters is 1. The molecule has 8 heteroatoms. The van der Waals surface area contributed by atoms with Crippen molar-refractivity contribution in [3.63, 3.8) is 0 Å². The van der Waals surface area contributed by atoms with Crippen LogP contribution >= 0.6 is 0 Å². The van der Waals surface area contributed by atoms with Gasteiger partial charge in [0.25, 0.3) is 0 Å². The Balaban J connectivity index is 4.81. The number of aliphatic carboxylic acids is 1. The van der Waals surface area contributed by atoms with Crippen LogP contribution in [-0.4, -0.2) is 67.4 Å². The van der Waals surface area contributed by atoms with Gasteiger partial charge in [-0.25, -0.2) is 9.59 Å². The molecular weight excluding hydrogens is 280 g/mol. The van der Waals surface area contributed by atoms with Gasteiger partial charge >= 0.3 is 18.0 Å². The molecule has 0 fully saturated rings. The van der Waals surface area contributed by atoms with Gasteiger partial charge in [-0.2, -0.15) is 0 Å². The Morgan fingerprint density at radius 2 is 1.90 bits per heavy atom. The molecule has 0 saturated heterocycles. The molecule has 0 aromatic carbocycles. The van der Waals surface area contributed by atoms with Crippen LogP contribution in [0.5, 0.6) is 0 Å². The number of carboxylic acid groups (broad SMARTS) is 1. The summed E-state index contributed by atoms with van der Waals surface area (Å²) in [5.74, 6) is -1.99. The lowest BCUT2D eigenvalue weighted by molar-refractivity contribution is -0.147. The second-order valence-electron chi connectivity index (χ2n) is 4.56. The molecular formula is C13H24N2O6. The molecule has 0 spiro atoms. The van der Waals surface area contributed by atoms with E-state index in [1.807, 2.05) is 13.8 Å². The molecule has 21 heavy (non-hydrogen) atoms. The van der Waals surface area contributed by atoms with E-state index in [-0.39, 0.29) is 6.04 Å². The first-order valence-electron chi connectivity index (χ1n) is 6.73. The zero-order chi connectivity index (χ0) is 16.4. The quantitative estimate of drug-likeness (QED) is 0.600. The van der Waals surface area contributed by atoms with Gasteiger partial charge in [0, 0.05) is 19.7 Å². The number of carbonyl (C=O) groups excluding carboxylic acids is 2. The van der Waals surface area contributed by atoms with Crippen LogP contribution in [-0.2, 0) is 19.1 Å². The summed E-state index contributed by atoms with van der Waals surface area (Å²) in [7, 11) is 2.68. The van der Waals surface area contributed by atoms with E-state index in [0.29, 0.717) is 19.6 Å². The Kier molecular flexibility index (Phi) is 9.11. The van der Waals surface area contributed by atoms with Gasteiger partial charge in [-0.1, -0.05) is 6.92 Å². The van der Waals surface area contributed by atoms with E-state index >= 15 is 0 Å². The number of ether oxygens (including phenoxy) is 2. The number of urea groups is 1. The van der Waals surface area contributed by atoms with Crippen molar-refractivity contribution in [2.24, 2.45) is 0 Å². The van der Waals surface area contributed by atoms with Gasteiger partial charge in [-0.15, -0.1) is 0 Å². The van der Waals surface area contributed by atoms with Crippen molar-refractivity contribution in [1.29, 1.82) is 0 Å². The topological polar surface area (TPSA) is 105 Å². The summed E-state index contributed by atoms with van der Waals surface area (Å²) in [5, 5.41) is 11.4. The highest BCUT2D eigenvalue weighted by Crippen LogP contribution is 2.05. The average molecular weight is 304 g/mol. The van der Waals surface area contributed by atoms with Gasteiger partial charge in [0.1, 0.15) is 6.04 Å². The third-order valence-corrected chi connectivity index (χ3v) is 3.11. The lowest BCUT2D eigenvalue weighted by Crippen LogP contribution is -2.52. The number of nitrogens with one attached hydrogen (secondary N) is 1. The molecule has 2 amide bonds. The van der Waals surface area contributed by atoms with Gasteiger partial charge in [0.15, 0.2) is 0 Å². The summed E-state index contributed by atoms with van der Waals surface area (Å²) in [4.78, 5) is 35.9. The van der Waals surface area contributed by atoms with Crippen molar-refractivity contribution >= 4 is 18.0 Å². The van der Waals surface area contributed by atoms with E-state index in [4.69, 9.17) is 9.84 Å². The molecule has 2 atom stereocenters. The summed E-state index contributed by atoms with van der Waals surface area (Å²) in [6.45, 7) is 4.45. The van der Waals surface area contributed by atoms with Crippen LogP contribution in [0.3, 0.4) is 0 Å². The maximum atomic E-state index is 12.2. The first-order chi connectivity index (χ1) is 9.87. The zero-order valence-corrected chi connectivity index (χ0v) is 12.9. The Hall–Kier alpha value is -1.83. The fraction of sp³-hybridized carbons (Fsp3) is 0.769. The molecule has 1 unspecified atom stereocenters. The van der Waals surface area contributed by atoms with Crippen LogP contribution in [0.25, 0.3) is 0 Å². The predicted molar refractivity (Wildman–Crippen MR) is 74.9 cm³/mol. The van der Waals surface area contributed by atoms with Crippen LogP contribution in [0.1, 0.15) is 26.7 Å². The van der Waals surface area contributed by atoms with Crippen molar-refractivity contribution in [2.45, 2.75) is 38.8 Å². The molecule has 0 bridgehead atoms. The van der Waals surface area contributed by atoms with Crippen LogP contribution in [0.4, 0.5) is 4.79 Å². The minimum Gasteiger partial charge on any atom is -0.480 e. The van der Waals surface area contributed by atoms with Crippen LogP contribution in [0.15, 0.2) is 0 Å². The highest BCUT2D eigenvalue weighted by atomic mass is 16.5. The summed E-state index contributed by atoms with van der Waals surface area (Å²) in [5.41, 5.74) is 0. The number of hydrogen-bond acceptors (Lipinski definition) is 5. The smallest absolute Gasteiger partial charge is 0.326 e. The predicted octanol–water partition coefficient (Wildman–Crippen LogP) is 0.459. The second kappa shape index (κ2) is 9.98. The Labute approximate surface area is 124 Å². The standard InChI is InChI=1S/C13H24N2O6/c1-5-9(2)15(6-7-20-3)13(19)14-10(12(17)18)8-11(16)21-4/h9-10H,5-8H2,1-4H3,(H,14,19)(H,17,18)/t9?,10-/m0/s1. The van der Waals surface area contributed by atoms with E-state index in [1.54, 1.807) is 0 Å². The molecule has 0 heterocycles. The van der Waals surface area contributed by atoms with Crippen molar-refractivity contribution in [3.8, 4) is 0 Å². The zero-order valence-electron chi connectivity index (χ0n) is 12.9. The fourth-order valence-corrected chi connectivity index (χ4v) is 1.61. The van der Waals surface area contributed by atoms with Gasteiger partial charge in [0.05, 0.1) is 20.1 Å². The maximum absolute atomic E-state index is 12.2. The molecule has 0 aliphatic rings. The van der Waals surface area contributed by atoms with Gasteiger partial charge < -0.3 is 24.8 Å². The molecule has 0 aliphatic heterocycles. The molecule has 122 valence electrons. The van der Waals surface area contributed by atoms with E-state index in [0.717, 1.165) is 7.11 Å². The molecule has 0 aromatic rings. The van der Waals surface area contributed by atoms with E-state index in [9.17, 15) is 14.4 Å². The minimum absolute atomic E-state index is 0.0762. The highest BCUT2D eigenvalue weighted by Gasteiger charge is 2.27. The van der Waals surface area contributed by atoms with E-state index < -0.39 is 30.4 Å².